The molecule has 3 rings (SSSR count). The molecule has 1 nitrogen and oxygen atoms in total. The minimum absolute atomic E-state index is 0.630. The second-order valence-corrected chi connectivity index (χ2v) is 10.4. The lowest BCUT2D eigenvalue weighted by Crippen LogP contribution is -2.27. The van der Waals surface area contributed by atoms with E-state index in [1.165, 1.54) is 108 Å². The molecular weight excluding hydrogens is 350 g/mol. The molecule has 1 aromatic rings. The first-order valence-corrected chi connectivity index (χ1v) is 13.2. The van der Waals surface area contributed by atoms with Crippen molar-refractivity contribution in [2.24, 2.45) is 23.7 Å². The van der Waals surface area contributed by atoms with Crippen LogP contribution < -0.4 is 0 Å². The van der Waals surface area contributed by atoms with Crippen molar-refractivity contribution in [3.05, 3.63) is 29.6 Å². The molecular formula is C28H47N. The van der Waals surface area contributed by atoms with Gasteiger partial charge in [0.25, 0.3) is 0 Å². The normalized spacial score (nSPS) is 28.9. The molecule has 2 aliphatic rings. The molecule has 0 aromatic carbocycles. The van der Waals surface area contributed by atoms with E-state index in [-0.39, 0.29) is 0 Å². The van der Waals surface area contributed by atoms with Gasteiger partial charge in [-0.3, -0.25) is 4.98 Å². The van der Waals surface area contributed by atoms with Gasteiger partial charge < -0.3 is 0 Å². The van der Waals surface area contributed by atoms with Crippen molar-refractivity contribution in [2.75, 3.05) is 0 Å². The maximum absolute atomic E-state index is 4.87. The van der Waals surface area contributed by atoms with E-state index in [1.807, 2.05) is 0 Å². The van der Waals surface area contributed by atoms with Gasteiger partial charge in [-0.15, -0.1) is 0 Å². The summed E-state index contributed by atoms with van der Waals surface area (Å²) < 4.78 is 0. The molecule has 0 saturated heterocycles. The Morgan fingerprint density at radius 3 is 2.07 bits per heavy atom. The van der Waals surface area contributed by atoms with Crippen LogP contribution >= 0.6 is 0 Å². The molecule has 0 radical (unpaired) electrons. The van der Waals surface area contributed by atoms with E-state index in [1.54, 1.807) is 0 Å². The first kappa shape index (κ1) is 22.8. The van der Waals surface area contributed by atoms with Gasteiger partial charge in [0.2, 0.25) is 0 Å². The van der Waals surface area contributed by atoms with Crippen molar-refractivity contribution in [3.8, 4) is 0 Å². The third kappa shape index (κ3) is 6.83. The summed E-state index contributed by atoms with van der Waals surface area (Å²) in [5.41, 5.74) is 2.76. The van der Waals surface area contributed by atoms with Gasteiger partial charge >= 0.3 is 0 Å². The first-order valence-electron chi connectivity index (χ1n) is 13.2. The Hall–Kier alpha value is -0.850. The molecule has 1 heterocycles. The number of pyridine rings is 1. The summed E-state index contributed by atoms with van der Waals surface area (Å²) >= 11 is 0. The molecule has 0 amide bonds. The maximum atomic E-state index is 4.87. The quantitative estimate of drug-likeness (QED) is 0.360. The molecule has 0 N–H and O–H groups in total. The van der Waals surface area contributed by atoms with Gasteiger partial charge in [0.05, 0.1) is 0 Å². The number of nitrogens with zero attached hydrogens (tertiary/aromatic N) is 1. The summed E-state index contributed by atoms with van der Waals surface area (Å²) in [5, 5.41) is 0. The van der Waals surface area contributed by atoms with Gasteiger partial charge in [0.1, 0.15) is 0 Å². The van der Waals surface area contributed by atoms with E-state index in [2.05, 4.69) is 39.1 Å². The fourth-order valence-electron chi connectivity index (χ4n) is 6.23. The number of rotatable bonds is 10. The van der Waals surface area contributed by atoms with Crippen molar-refractivity contribution in [1.82, 2.24) is 4.98 Å². The fraction of sp³-hybridized carbons (Fsp3) is 0.821. The number of aryl methyl sites for hydroxylation is 1. The highest BCUT2D eigenvalue weighted by Gasteiger charge is 2.32. The van der Waals surface area contributed by atoms with Crippen LogP contribution in [-0.2, 0) is 6.42 Å². The monoisotopic (exact) mass is 397 g/mol. The predicted molar refractivity (Wildman–Crippen MR) is 126 cm³/mol. The smallest absolute Gasteiger partial charge is 0.0434 e. The van der Waals surface area contributed by atoms with Gasteiger partial charge in [-0.1, -0.05) is 71.8 Å². The van der Waals surface area contributed by atoms with E-state index in [0.29, 0.717) is 5.92 Å². The molecule has 164 valence electrons. The van der Waals surface area contributed by atoms with Crippen molar-refractivity contribution in [3.63, 3.8) is 0 Å². The largest absolute Gasteiger partial charge is 0.261 e. The topological polar surface area (TPSA) is 12.9 Å². The molecule has 0 spiro atoms. The third-order valence-electron chi connectivity index (χ3n) is 8.43. The van der Waals surface area contributed by atoms with Gasteiger partial charge in [0, 0.05) is 17.8 Å². The number of hydrogen-bond acceptors (Lipinski definition) is 1. The Balaban J connectivity index is 1.41. The van der Waals surface area contributed by atoms with Crippen LogP contribution in [0.5, 0.6) is 0 Å². The average molecular weight is 398 g/mol. The highest BCUT2D eigenvalue weighted by molar-refractivity contribution is 5.17. The summed E-state index contributed by atoms with van der Waals surface area (Å²) in [6, 6.07) is 4.67. The fourth-order valence-corrected chi connectivity index (χ4v) is 6.23. The van der Waals surface area contributed by atoms with Crippen molar-refractivity contribution < 1.29 is 0 Å². The Bertz CT molecular complexity index is 546. The van der Waals surface area contributed by atoms with E-state index >= 15 is 0 Å². The van der Waals surface area contributed by atoms with Crippen LogP contribution in [0, 0.1) is 23.7 Å². The Labute approximate surface area is 181 Å². The van der Waals surface area contributed by atoms with E-state index in [4.69, 9.17) is 4.98 Å². The van der Waals surface area contributed by atoms with Crippen LogP contribution in [0.4, 0.5) is 0 Å². The lowest BCUT2D eigenvalue weighted by Gasteiger charge is -2.39. The van der Waals surface area contributed by atoms with Crippen LogP contribution in [0.2, 0.25) is 0 Å². The molecule has 2 aliphatic carbocycles. The van der Waals surface area contributed by atoms with Crippen LogP contribution in [0.1, 0.15) is 128 Å². The number of hydrogen-bond donors (Lipinski definition) is 0. The zero-order chi connectivity index (χ0) is 20.5. The van der Waals surface area contributed by atoms with E-state index in [0.717, 1.165) is 23.7 Å². The Morgan fingerprint density at radius 1 is 0.828 bits per heavy atom. The van der Waals surface area contributed by atoms with Crippen LogP contribution in [-0.4, -0.2) is 4.98 Å². The maximum Gasteiger partial charge on any atom is 0.0434 e. The molecule has 1 atom stereocenters. The highest BCUT2D eigenvalue weighted by Crippen LogP contribution is 2.44. The molecule has 0 aliphatic heterocycles. The standard InChI is InChI=1S/C28H47N/c1-4-6-8-10-24-13-20-28(29-21-24)22(3)25-16-18-27(19-17-25)26-14-11-23(12-15-26)9-7-5-2/h13,20-23,25-27H,4-12,14-19H2,1-3H3. The second kappa shape index (κ2) is 12.1. The second-order valence-electron chi connectivity index (χ2n) is 10.4. The van der Waals surface area contributed by atoms with Crippen molar-refractivity contribution in [2.45, 2.75) is 123 Å². The predicted octanol–water partition coefficient (Wildman–Crippen LogP) is 8.72. The molecule has 2 saturated carbocycles. The minimum atomic E-state index is 0.630. The Kier molecular flexibility index (Phi) is 9.53. The summed E-state index contributed by atoms with van der Waals surface area (Å²) in [7, 11) is 0. The van der Waals surface area contributed by atoms with Crippen molar-refractivity contribution in [1.29, 1.82) is 0 Å². The van der Waals surface area contributed by atoms with Gasteiger partial charge in [0.15, 0.2) is 0 Å². The SMILES string of the molecule is CCCCCc1ccc(C(C)C2CCC(C3CCC(CCCC)CC3)CC2)nc1. The van der Waals surface area contributed by atoms with Gasteiger partial charge in [-0.05, 0) is 86.7 Å². The summed E-state index contributed by atoms with van der Waals surface area (Å²) in [6.45, 7) is 7.04. The lowest BCUT2D eigenvalue weighted by atomic mass is 9.67. The molecule has 1 heteroatoms. The molecule has 29 heavy (non-hydrogen) atoms. The minimum Gasteiger partial charge on any atom is -0.261 e. The third-order valence-corrected chi connectivity index (χ3v) is 8.43. The van der Waals surface area contributed by atoms with E-state index in [9.17, 15) is 0 Å². The summed E-state index contributed by atoms with van der Waals surface area (Å²) in [4.78, 5) is 4.87. The van der Waals surface area contributed by atoms with Crippen LogP contribution in [0.25, 0.3) is 0 Å². The number of aromatic nitrogens is 1. The number of unbranched alkanes of at least 4 members (excludes halogenated alkanes) is 3. The molecule has 2 fully saturated rings. The highest BCUT2D eigenvalue weighted by atomic mass is 14.7. The lowest BCUT2D eigenvalue weighted by molar-refractivity contribution is 0.136. The molecule has 1 aromatic heterocycles. The molecule has 0 bridgehead atoms. The Morgan fingerprint density at radius 2 is 1.48 bits per heavy atom. The van der Waals surface area contributed by atoms with E-state index < -0.39 is 0 Å². The summed E-state index contributed by atoms with van der Waals surface area (Å²) in [6.07, 6.45) is 23.5. The molecule has 1 unspecified atom stereocenters. The van der Waals surface area contributed by atoms with Crippen molar-refractivity contribution >= 4 is 0 Å². The zero-order valence-corrected chi connectivity index (χ0v) is 19.7. The zero-order valence-electron chi connectivity index (χ0n) is 19.7. The van der Waals surface area contributed by atoms with Crippen LogP contribution in [0.15, 0.2) is 18.3 Å². The summed E-state index contributed by atoms with van der Waals surface area (Å²) in [5.74, 6) is 4.61. The first-order chi connectivity index (χ1) is 14.2. The average Bonchev–Trinajstić information content (AvgIpc) is 2.78. The van der Waals surface area contributed by atoms with Crippen LogP contribution in [0.3, 0.4) is 0 Å². The van der Waals surface area contributed by atoms with Gasteiger partial charge in [-0.25, -0.2) is 0 Å². The van der Waals surface area contributed by atoms with Gasteiger partial charge in [-0.2, -0.15) is 0 Å².